The first-order valence-corrected chi connectivity index (χ1v) is 4.47. The number of rotatable bonds is 5. The van der Waals surface area contributed by atoms with E-state index in [0.29, 0.717) is 5.56 Å². The Hall–Kier alpha value is -1.85. The van der Waals surface area contributed by atoms with Crippen molar-refractivity contribution in [3.05, 3.63) is 23.8 Å². The summed E-state index contributed by atoms with van der Waals surface area (Å²) in [5.41, 5.74) is 0.510. The standard InChI is InChI=1S/C10H10F2O4/c11-10(12)16-8-5-6(1-3-7(8)13)2-4-9(14)15/h1,3,5,10,13H,2,4H2,(H,14,15). The Morgan fingerprint density at radius 1 is 1.44 bits per heavy atom. The fourth-order valence-electron chi connectivity index (χ4n) is 1.16. The van der Waals surface area contributed by atoms with E-state index in [-0.39, 0.29) is 18.6 Å². The summed E-state index contributed by atoms with van der Waals surface area (Å²) in [4.78, 5) is 10.3. The highest BCUT2D eigenvalue weighted by Crippen LogP contribution is 2.28. The lowest BCUT2D eigenvalue weighted by molar-refractivity contribution is -0.136. The van der Waals surface area contributed by atoms with Gasteiger partial charge in [-0.15, -0.1) is 0 Å². The minimum absolute atomic E-state index is 0.112. The Bertz CT molecular complexity index is 379. The van der Waals surface area contributed by atoms with Crippen LogP contribution in [0.1, 0.15) is 12.0 Å². The van der Waals surface area contributed by atoms with E-state index in [1.54, 1.807) is 0 Å². The van der Waals surface area contributed by atoms with Gasteiger partial charge in [-0.3, -0.25) is 4.79 Å². The molecule has 0 aliphatic carbocycles. The number of ether oxygens (including phenoxy) is 1. The van der Waals surface area contributed by atoms with Gasteiger partial charge in [-0.1, -0.05) is 6.07 Å². The summed E-state index contributed by atoms with van der Waals surface area (Å²) in [5, 5.41) is 17.6. The highest BCUT2D eigenvalue weighted by atomic mass is 19.3. The molecule has 0 atom stereocenters. The molecule has 0 spiro atoms. The summed E-state index contributed by atoms with van der Waals surface area (Å²) < 4.78 is 27.9. The molecule has 0 aliphatic heterocycles. The first-order valence-electron chi connectivity index (χ1n) is 4.47. The zero-order valence-corrected chi connectivity index (χ0v) is 8.19. The molecule has 0 aromatic heterocycles. The predicted molar refractivity (Wildman–Crippen MR) is 50.7 cm³/mol. The lowest BCUT2D eigenvalue weighted by atomic mass is 10.1. The van der Waals surface area contributed by atoms with Crippen LogP contribution in [0.5, 0.6) is 11.5 Å². The van der Waals surface area contributed by atoms with Gasteiger partial charge in [0, 0.05) is 6.42 Å². The molecule has 0 heterocycles. The molecule has 0 bridgehead atoms. The molecule has 0 radical (unpaired) electrons. The maximum Gasteiger partial charge on any atom is 0.387 e. The van der Waals surface area contributed by atoms with Crippen LogP contribution in [0.15, 0.2) is 18.2 Å². The number of halogens is 2. The van der Waals surface area contributed by atoms with Gasteiger partial charge in [0.2, 0.25) is 0 Å². The molecule has 1 aromatic carbocycles. The lowest BCUT2D eigenvalue weighted by Gasteiger charge is -2.08. The van der Waals surface area contributed by atoms with Crippen LogP contribution in [-0.4, -0.2) is 22.8 Å². The minimum atomic E-state index is -3.03. The van der Waals surface area contributed by atoms with Gasteiger partial charge >= 0.3 is 12.6 Å². The molecule has 0 unspecified atom stereocenters. The molecular formula is C10H10F2O4. The Labute approximate surface area is 90.1 Å². The highest BCUT2D eigenvalue weighted by molar-refractivity contribution is 5.67. The third-order valence-corrected chi connectivity index (χ3v) is 1.87. The smallest absolute Gasteiger partial charge is 0.387 e. The molecule has 0 saturated carbocycles. The van der Waals surface area contributed by atoms with Crippen LogP contribution in [0.3, 0.4) is 0 Å². The van der Waals surface area contributed by atoms with Gasteiger partial charge in [-0.25, -0.2) is 0 Å². The molecule has 16 heavy (non-hydrogen) atoms. The summed E-state index contributed by atoms with van der Waals surface area (Å²) in [7, 11) is 0. The molecule has 1 rings (SSSR count). The number of benzene rings is 1. The van der Waals surface area contributed by atoms with Gasteiger partial charge in [0.05, 0.1) is 0 Å². The van der Waals surface area contributed by atoms with Crippen LogP contribution in [0.25, 0.3) is 0 Å². The van der Waals surface area contributed by atoms with E-state index in [1.807, 2.05) is 0 Å². The summed E-state index contributed by atoms with van der Waals surface area (Å²) in [6.45, 7) is -3.03. The van der Waals surface area contributed by atoms with Gasteiger partial charge in [-0.2, -0.15) is 8.78 Å². The van der Waals surface area contributed by atoms with Gasteiger partial charge < -0.3 is 14.9 Å². The van der Waals surface area contributed by atoms with Crippen LogP contribution in [-0.2, 0) is 11.2 Å². The molecule has 88 valence electrons. The highest BCUT2D eigenvalue weighted by Gasteiger charge is 2.10. The van der Waals surface area contributed by atoms with E-state index in [0.717, 1.165) is 0 Å². The average molecular weight is 232 g/mol. The predicted octanol–water partition coefficient (Wildman–Crippen LogP) is 2.01. The molecule has 1 aromatic rings. The molecule has 6 heteroatoms. The van der Waals surface area contributed by atoms with Crippen molar-refractivity contribution in [1.29, 1.82) is 0 Å². The number of aliphatic carboxylic acids is 1. The van der Waals surface area contributed by atoms with Crippen molar-refractivity contribution in [1.82, 2.24) is 0 Å². The molecule has 0 aliphatic rings. The third-order valence-electron chi connectivity index (χ3n) is 1.87. The Kier molecular flexibility index (Phi) is 4.04. The fraction of sp³-hybridized carbons (Fsp3) is 0.300. The number of aromatic hydroxyl groups is 1. The van der Waals surface area contributed by atoms with E-state index < -0.39 is 18.3 Å². The summed E-state index contributed by atoms with van der Waals surface area (Å²) in [5.74, 6) is -1.73. The quantitative estimate of drug-likeness (QED) is 0.814. The second-order valence-corrected chi connectivity index (χ2v) is 3.07. The maximum atomic E-state index is 11.9. The normalized spacial score (nSPS) is 10.4. The van der Waals surface area contributed by atoms with E-state index in [1.165, 1.54) is 18.2 Å². The second kappa shape index (κ2) is 5.29. The van der Waals surface area contributed by atoms with Crippen molar-refractivity contribution in [2.45, 2.75) is 19.5 Å². The molecule has 0 saturated heterocycles. The van der Waals surface area contributed by atoms with Crippen molar-refractivity contribution >= 4 is 5.97 Å². The zero-order valence-electron chi connectivity index (χ0n) is 8.19. The molecule has 4 nitrogen and oxygen atoms in total. The van der Waals surface area contributed by atoms with E-state index in [2.05, 4.69) is 4.74 Å². The number of phenolic OH excluding ortho intramolecular Hbond substituents is 1. The number of carbonyl (C=O) groups is 1. The van der Waals surface area contributed by atoms with Crippen molar-refractivity contribution in [3.63, 3.8) is 0 Å². The van der Waals surface area contributed by atoms with E-state index in [9.17, 15) is 18.7 Å². The Morgan fingerprint density at radius 3 is 2.69 bits per heavy atom. The number of alkyl halides is 2. The SMILES string of the molecule is O=C(O)CCc1ccc(O)c(OC(F)F)c1. The number of carboxylic acids is 1. The minimum Gasteiger partial charge on any atom is -0.504 e. The largest absolute Gasteiger partial charge is 0.504 e. The van der Waals surface area contributed by atoms with Gasteiger partial charge in [-0.05, 0) is 24.1 Å². The molecular weight excluding hydrogens is 222 g/mol. The van der Waals surface area contributed by atoms with Crippen molar-refractivity contribution in [3.8, 4) is 11.5 Å². The summed E-state index contributed by atoms with van der Waals surface area (Å²) in [6.07, 6.45) is 0.0775. The molecule has 0 fully saturated rings. The fourth-order valence-corrected chi connectivity index (χ4v) is 1.16. The van der Waals surface area contributed by atoms with Crippen LogP contribution < -0.4 is 4.74 Å². The first kappa shape index (κ1) is 12.2. The van der Waals surface area contributed by atoms with Crippen LogP contribution in [0.4, 0.5) is 8.78 Å². The molecule has 0 amide bonds. The van der Waals surface area contributed by atoms with E-state index >= 15 is 0 Å². The Balaban J connectivity index is 2.76. The topological polar surface area (TPSA) is 66.8 Å². The lowest BCUT2D eigenvalue weighted by Crippen LogP contribution is -2.03. The van der Waals surface area contributed by atoms with E-state index in [4.69, 9.17) is 5.11 Å². The number of aryl methyl sites for hydroxylation is 1. The van der Waals surface area contributed by atoms with Crippen LogP contribution >= 0.6 is 0 Å². The summed E-state index contributed by atoms with van der Waals surface area (Å²) in [6, 6.07) is 3.84. The maximum absolute atomic E-state index is 11.9. The second-order valence-electron chi connectivity index (χ2n) is 3.07. The van der Waals surface area contributed by atoms with Gasteiger partial charge in [0.25, 0.3) is 0 Å². The average Bonchev–Trinajstić information content (AvgIpc) is 2.18. The Morgan fingerprint density at radius 2 is 2.12 bits per heavy atom. The van der Waals surface area contributed by atoms with Crippen molar-refractivity contribution < 1.29 is 28.5 Å². The van der Waals surface area contributed by atoms with Crippen LogP contribution in [0, 0.1) is 0 Å². The first-order chi connectivity index (χ1) is 7.49. The van der Waals surface area contributed by atoms with Gasteiger partial charge in [0.15, 0.2) is 11.5 Å². The summed E-state index contributed by atoms with van der Waals surface area (Å²) >= 11 is 0. The third kappa shape index (κ3) is 3.72. The number of hydrogen-bond acceptors (Lipinski definition) is 3. The zero-order chi connectivity index (χ0) is 12.1. The van der Waals surface area contributed by atoms with Crippen molar-refractivity contribution in [2.75, 3.05) is 0 Å². The van der Waals surface area contributed by atoms with Crippen molar-refractivity contribution in [2.24, 2.45) is 0 Å². The van der Waals surface area contributed by atoms with Crippen LogP contribution in [0.2, 0.25) is 0 Å². The monoisotopic (exact) mass is 232 g/mol. The molecule has 2 N–H and O–H groups in total. The number of carboxylic acid groups (broad SMARTS) is 1. The van der Waals surface area contributed by atoms with Gasteiger partial charge in [0.1, 0.15) is 0 Å². The number of hydrogen-bond donors (Lipinski definition) is 2. The number of phenols is 1.